The van der Waals surface area contributed by atoms with Crippen molar-refractivity contribution in [1.82, 2.24) is 10.3 Å². The maximum absolute atomic E-state index is 12.5. The molecule has 0 bridgehead atoms. The molecule has 10 heteroatoms. The fraction of sp³-hybridized carbons (Fsp3) is 0.346. The standard InChI is InChI=1S/C26H26N4O6/c1-33-24-7-3-16-2-5-21-19(25(16)29-24)8-15(13-34-21)10-27-11-18-12-30(26(32)36-18)17-4-6-22-20(9-17)28-23(31)14-35-22/h2-7,9,15,18,27H,8,10-14H2,1H3,(H,28,31)/t15?,18-/m1/s1. The van der Waals surface area contributed by atoms with E-state index in [1.165, 1.54) is 0 Å². The van der Waals surface area contributed by atoms with Crippen LogP contribution in [0.3, 0.4) is 0 Å². The predicted molar refractivity (Wildman–Crippen MR) is 132 cm³/mol. The third-order valence-electron chi connectivity index (χ3n) is 6.66. The van der Waals surface area contributed by atoms with Crippen molar-refractivity contribution in [3.63, 3.8) is 0 Å². The Morgan fingerprint density at radius 2 is 1.97 bits per heavy atom. The molecule has 10 nitrogen and oxygen atoms in total. The summed E-state index contributed by atoms with van der Waals surface area (Å²) < 4.78 is 22.3. The van der Waals surface area contributed by atoms with Crippen LogP contribution in [0.25, 0.3) is 10.9 Å². The first-order valence-corrected chi connectivity index (χ1v) is 11.9. The molecule has 1 saturated heterocycles. The van der Waals surface area contributed by atoms with Crippen molar-refractivity contribution in [1.29, 1.82) is 0 Å². The maximum atomic E-state index is 12.5. The number of amides is 2. The summed E-state index contributed by atoms with van der Waals surface area (Å²) >= 11 is 0. The summed E-state index contributed by atoms with van der Waals surface area (Å²) in [6.45, 7) is 2.26. The first-order chi connectivity index (χ1) is 17.6. The first kappa shape index (κ1) is 22.4. The third-order valence-corrected chi connectivity index (χ3v) is 6.66. The lowest BCUT2D eigenvalue weighted by Crippen LogP contribution is -2.37. The second-order valence-corrected chi connectivity index (χ2v) is 9.14. The number of cyclic esters (lactones) is 1. The summed E-state index contributed by atoms with van der Waals surface area (Å²) in [4.78, 5) is 30.3. The molecule has 2 amide bonds. The molecule has 0 spiro atoms. The number of fused-ring (bicyclic) bond motifs is 4. The Kier molecular flexibility index (Phi) is 5.73. The molecule has 2 aromatic carbocycles. The van der Waals surface area contributed by atoms with Gasteiger partial charge in [0.05, 0.1) is 31.5 Å². The molecule has 186 valence electrons. The summed E-state index contributed by atoms with van der Waals surface area (Å²) in [6, 6.07) is 13.1. The van der Waals surface area contributed by atoms with E-state index in [1.54, 1.807) is 30.2 Å². The number of nitrogens with zero attached hydrogens (tertiary/aromatic N) is 2. The topological polar surface area (TPSA) is 111 Å². The Balaban J connectivity index is 1.06. The second-order valence-electron chi connectivity index (χ2n) is 9.14. The quantitative estimate of drug-likeness (QED) is 0.543. The monoisotopic (exact) mass is 490 g/mol. The molecule has 3 aliphatic rings. The van der Waals surface area contributed by atoms with Gasteiger partial charge in [-0.25, -0.2) is 9.78 Å². The highest BCUT2D eigenvalue weighted by molar-refractivity contribution is 5.97. The van der Waals surface area contributed by atoms with Crippen LogP contribution < -0.4 is 29.7 Å². The van der Waals surface area contributed by atoms with Gasteiger partial charge in [-0.3, -0.25) is 9.69 Å². The number of ether oxygens (including phenoxy) is 4. The summed E-state index contributed by atoms with van der Waals surface area (Å²) in [5.41, 5.74) is 3.20. The largest absolute Gasteiger partial charge is 0.493 e. The van der Waals surface area contributed by atoms with Gasteiger partial charge in [0.25, 0.3) is 5.91 Å². The van der Waals surface area contributed by atoms with Gasteiger partial charge < -0.3 is 29.6 Å². The Bertz CT molecular complexity index is 1340. The molecular weight excluding hydrogens is 464 g/mol. The van der Waals surface area contributed by atoms with Gasteiger partial charge in [0.15, 0.2) is 6.61 Å². The van der Waals surface area contributed by atoms with Crippen LogP contribution in [-0.4, -0.2) is 63.0 Å². The number of carbonyl (C=O) groups excluding carboxylic acids is 2. The van der Waals surface area contributed by atoms with Crippen molar-refractivity contribution < 1.29 is 28.5 Å². The lowest BCUT2D eigenvalue weighted by atomic mass is 9.94. The van der Waals surface area contributed by atoms with Crippen molar-refractivity contribution >= 4 is 34.3 Å². The zero-order valence-corrected chi connectivity index (χ0v) is 19.8. The van der Waals surface area contributed by atoms with E-state index in [4.69, 9.17) is 18.9 Å². The Morgan fingerprint density at radius 3 is 2.86 bits per heavy atom. The molecule has 3 aromatic rings. The number of nitrogens with one attached hydrogen (secondary N) is 2. The number of rotatable bonds is 6. The van der Waals surface area contributed by atoms with Crippen LogP contribution >= 0.6 is 0 Å². The number of hydrogen-bond donors (Lipinski definition) is 2. The van der Waals surface area contributed by atoms with Crippen molar-refractivity contribution in [2.45, 2.75) is 12.5 Å². The minimum absolute atomic E-state index is 0.00953. The van der Waals surface area contributed by atoms with E-state index in [2.05, 4.69) is 15.6 Å². The van der Waals surface area contributed by atoms with Crippen LogP contribution in [0, 0.1) is 5.92 Å². The summed E-state index contributed by atoms with van der Waals surface area (Å²) in [7, 11) is 1.61. The molecule has 0 aliphatic carbocycles. The van der Waals surface area contributed by atoms with E-state index >= 15 is 0 Å². The van der Waals surface area contributed by atoms with Gasteiger partial charge >= 0.3 is 6.09 Å². The van der Waals surface area contributed by atoms with Crippen molar-refractivity contribution in [3.05, 3.63) is 48.0 Å². The number of anilines is 2. The van der Waals surface area contributed by atoms with Crippen LogP contribution in [0.15, 0.2) is 42.5 Å². The molecule has 0 saturated carbocycles. The maximum Gasteiger partial charge on any atom is 0.414 e. The lowest BCUT2D eigenvalue weighted by Gasteiger charge is -2.26. The minimum Gasteiger partial charge on any atom is -0.493 e. The molecule has 36 heavy (non-hydrogen) atoms. The van der Waals surface area contributed by atoms with Gasteiger partial charge in [-0.1, -0.05) is 0 Å². The Labute approximate surface area is 207 Å². The van der Waals surface area contributed by atoms with Gasteiger partial charge in [0, 0.05) is 41.7 Å². The van der Waals surface area contributed by atoms with Gasteiger partial charge in [-0.2, -0.15) is 0 Å². The highest BCUT2D eigenvalue weighted by Crippen LogP contribution is 2.35. The Morgan fingerprint density at radius 1 is 1.11 bits per heavy atom. The van der Waals surface area contributed by atoms with E-state index in [0.717, 1.165) is 35.2 Å². The number of carbonyl (C=O) groups is 2. The number of methoxy groups -OCH3 is 1. The smallest absolute Gasteiger partial charge is 0.414 e. The fourth-order valence-electron chi connectivity index (χ4n) is 4.87. The van der Waals surface area contributed by atoms with E-state index in [-0.39, 0.29) is 24.5 Å². The fourth-order valence-corrected chi connectivity index (χ4v) is 4.87. The van der Waals surface area contributed by atoms with Crippen LogP contribution in [0.2, 0.25) is 0 Å². The zero-order valence-electron chi connectivity index (χ0n) is 19.8. The summed E-state index contributed by atoms with van der Waals surface area (Å²) in [5.74, 6) is 2.07. The van der Waals surface area contributed by atoms with E-state index in [1.807, 2.05) is 24.3 Å². The molecule has 4 heterocycles. The normalized spacial score (nSPS) is 20.6. The average molecular weight is 491 g/mol. The van der Waals surface area contributed by atoms with Crippen LogP contribution in [-0.2, 0) is 16.0 Å². The van der Waals surface area contributed by atoms with Crippen molar-refractivity contribution in [2.75, 3.05) is 50.2 Å². The molecule has 2 N–H and O–H groups in total. The second kappa shape index (κ2) is 9.19. The molecule has 1 fully saturated rings. The SMILES string of the molecule is COc1ccc2ccc3c(c2n1)CC(CNC[C@@H]1CN(c2ccc4c(c2)NC(=O)CO4)C(=O)O1)CO3. The Hall–Kier alpha value is -4.05. The molecule has 2 atom stereocenters. The molecule has 1 unspecified atom stereocenters. The van der Waals surface area contributed by atoms with E-state index < -0.39 is 6.09 Å². The van der Waals surface area contributed by atoms with Crippen molar-refractivity contribution in [2.24, 2.45) is 5.92 Å². The van der Waals surface area contributed by atoms with Gasteiger partial charge in [0.2, 0.25) is 5.88 Å². The molecule has 0 radical (unpaired) electrons. The highest BCUT2D eigenvalue weighted by atomic mass is 16.6. The van der Waals surface area contributed by atoms with E-state index in [0.29, 0.717) is 42.7 Å². The average Bonchev–Trinajstić information content (AvgIpc) is 3.27. The summed E-state index contributed by atoms with van der Waals surface area (Å²) in [6.07, 6.45) is 0.133. The molecule has 6 rings (SSSR count). The van der Waals surface area contributed by atoms with Crippen LogP contribution in [0.1, 0.15) is 5.56 Å². The predicted octanol–water partition coefficient (Wildman–Crippen LogP) is 2.74. The third kappa shape index (κ3) is 4.24. The minimum atomic E-state index is -0.411. The number of hydrogen-bond acceptors (Lipinski definition) is 8. The number of pyridine rings is 1. The summed E-state index contributed by atoms with van der Waals surface area (Å²) in [5, 5.41) is 7.26. The molecule has 3 aliphatic heterocycles. The number of aromatic nitrogens is 1. The lowest BCUT2D eigenvalue weighted by molar-refractivity contribution is -0.118. The van der Waals surface area contributed by atoms with Gasteiger partial charge in [-0.15, -0.1) is 0 Å². The first-order valence-electron chi connectivity index (χ1n) is 11.9. The van der Waals surface area contributed by atoms with Crippen molar-refractivity contribution in [3.8, 4) is 17.4 Å². The van der Waals surface area contributed by atoms with Gasteiger partial charge in [0.1, 0.15) is 17.6 Å². The number of benzene rings is 2. The van der Waals surface area contributed by atoms with Crippen LogP contribution in [0.4, 0.5) is 16.2 Å². The van der Waals surface area contributed by atoms with Gasteiger partial charge in [-0.05, 0) is 42.8 Å². The zero-order chi connectivity index (χ0) is 24.6. The molecule has 1 aromatic heterocycles. The highest BCUT2D eigenvalue weighted by Gasteiger charge is 2.33. The molecular formula is C26H26N4O6. The van der Waals surface area contributed by atoms with E-state index in [9.17, 15) is 9.59 Å². The van der Waals surface area contributed by atoms with Crippen LogP contribution in [0.5, 0.6) is 17.4 Å².